The molecule has 0 radical (unpaired) electrons. The van der Waals surface area contributed by atoms with Gasteiger partial charge in [0.15, 0.2) is 0 Å². The molecule has 0 saturated carbocycles. The minimum absolute atomic E-state index is 0.0662. The van der Waals surface area contributed by atoms with Crippen LogP contribution in [0.15, 0.2) is 54.6 Å². The zero-order chi connectivity index (χ0) is 18.4. The molecule has 1 aliphatic rings. The number of nitrogens with one attached hydrogen (secondary N) is 1. The molecule has 1 fully saturated rings. The van der Waals surface area contributed by atoms with Crippen molar-refractivity contribution in [3.8, 4) is 0 Å². The second-order valence-electron chi connectivity index (χ2n) is 7.78. The molecule has 1 N–H and O–H groups in total. The summed E-state index contributed by atoms with van der Waals surface area (Å²) in [5.41, 5.74) is 3.05. The Morgan fingerprint density at radius 2 is 1.54 bits per heavy atom. The molecule has 1 amide bonds. The molecule has 3 nitrogen and oxygen atoms in total. The highest BCUT2D eigenvalue weighted by Crippen LogP contribution is 2.23. The largest absolute Gasteiger partial charge is 0.351 e. The molecule has 138 valence electrons. The quantitative estimate of drug-likeness (QED) is 0.844. The molecule has 1 saturated heterocycles. The normalized spacial score (nSPS) is 15.6. The maximum absolute atomic E-state index is 12.8. The molecule has 0 atom stereocenters. The van der Waals surface area contributed by atoms with Gasteiger partial charge in [-0.05, 0) is 56.5 Å². The summed E-state index contributed by atoms with van der Waals surface area (Å²) < 4.78 is 0. The fourth-order valence-corrected chi connectivity index (χ4v) is 3.63. The van der Waals surface area contributed by atoms with E-state index in [1.54, 1.807) is 0 Å². The molecular weight excluding hydrogens is 320 g/mol. The Kier molecular flexibility index (Phi) is 6.10. The van der Waals surface area contributed by atoms with Crippen molar-refractivity contribution in [3.05, 3.63) is 71.3 Å². The van der Waals surface area contributed by atoms with Gasteiger partial charge in [0.2, 0.25) is 5.91 Å². The number of carbonyl (C=O) groups is 1. The van der Waals surface area contributed by atoms with Crippen LogP contribution in [0.2, 0.25) is 0 Å². The van der Waals surface area contributed by atoms with Crippen LogP contribution in [0.5, 0.6) is 0 Å². The van der Waals surface area contributed by atoms with Gasteiger partial charge in [-0.1, -0.05) is 61.0 Å². The van der Waals surface area contributed by atoms with Gasteiger partial charge in [0.25, 0.3) is 0 Å². The predicted octanol–water partition coefficient (Wildman–Crippen LogP) is 4.27. The van der Waals surface area contributed by atoms with E-state index in [0.717, 1.165) is 12.1 Å². The van der Waals surface area contributed by atoms with E-state index >= 15 is 0 Å². The van der Waals surface area contributed by atoms with Gasteiger partial charge in [-0.15, -0.1) is 0 Å². The molecule has 2 aromatic rings. The molecule has 2 aromatic carbocycles. The molecule has 3 rings (SSSR count). The third-order valence-electron chi connectivity index (χ3n) is 5.46. The lowest BCUT2D eigenvalue weighted by Crippen LogP contribution is -2.40. The first-order chi connectivity index (χ1) is 12.6. The van der Waals surface area contributed by atoms with E-state index in [1.165, 1.54) is 43.5 Å². The number of hydrogen-bond donors (Lipinski definition) is 1. The number of hydrogen-bond acceptors (Lipinski definition) is 2. The van der Waals surface area contributed by atoms with Gasteiger partial charge < -0.3 is 5.32 Å². The number of benzene rings is 2. The van der Waals surface area contributed by atoms with Gasteiger partial charge in [0, 0.05) is 13.1 Å². The topological polar surface area (TPSA) is 32.3 Å². The maximum atomic E-state index is 12.8. The molecule has 0 unspecified atom stereocenters. The van der Waals surface area contributed by atoms with Crippen LogP contribution in [-0.4, -0.2) is 23.9 Å². The van der Waals surface area contributed by atoms with E-state index in [9.17, 15) is 4.79 Å². The summed E-state index contributed by atoms with van der Waals surface area (Å²) in [6.45, 7) is 7.89. The Morgan fingerprint density at radius 1 is 0.923 bits per heavy atom. The Hall–Kier alpha value is -2.13. The van der Waals surface area contributed by atoms with Crippen LogP contribution in [0.3, 0.4) is 0 Å². The summed E-state index contributed by atoms with van der Waals surface area (Å²) in [6.07, 6.45) is 3.94. The summed E-state index contributed by atoms with van der Waals surface area (Å²) in [6, 6.07) is 18.5. The first-order valence-electron chi connectivity index (χ1n) is 9.70. The van der Waals surface area contributed by atoms with E-state index in [0.29, 0.717) is 6.54 Å². The van der Waals surface area contributed by atoms with Crippen LogP contribution in [0.25, 0.3) is 0 Å². The summed E-state index contributed by atoms with van der Waals surface area (Å²) in [7, 11) is 0. The average molecular weight is 351 g/mol. The predicted molar refractivity (Wildman–Crippen MR) is 107 cm³/mol. The van der Waals surface area contributed by atoms with Crippen molar-refractivity contribution < 1.29 is 4.79 Å². The monoisotopic (exact) mass is 350 g/mol. The van der Waals surface area contributed by atoms with Crippen molar-refractivity contribution in [2.45, 2.75) is 51.6 Å². The van der Waals surface area contributed by atoms with E-state index < -0.39 is 5.41 Å². The van der Waals surface area contributed by atoms with Gasteiger partial charge in [-0.2, -0.15) is 0 Å². The Morgan fingerprint density at radius 3 is 2.23 bits per heavy atom. The zero-order valence-electron chi connectivity index (χ0n) is 16.0. The summed E-state index contributed by atoms with van der Waals surface area (Å²) in [5.74, 6) is 0.0662. The highest BCUT2D eigenvalue weighted by Gasteiger charge is 2.29. The molecule has 1 aliphatic heterocycles. The summed E-state index contributed by atoms with van der Waals surface area (Å²) in [4.78, 5) is 15.3. The fourth-order valence-electron chi connectivity index (χ4n) is 3.63. The van der Waals surface area contributed by atoms with Gasteiger partial charge in [0.05, 0.1) is 5.41 Å². The number of amides is 1. The lowest BCUT2D eigenvalue weighted by molar-refractivity contribution is -0.125. The van der Waals surface area contributed by atoms with Crippen molar-refractivity contribution in [1.82, 2.24) is 10.2 Å². The Bertz CT molecular complexity index is 718. The van der Waals surface area contributed by atoms with Crippen molar-refractivity contribution in [1.29, 1.82) is 0 Å². The standard InChI is InChI=1S/C23H30N2O/c1-23(2,21-13-5-3-6-14-21)22(26)24-17-19-11-7-8-12-20(19)18-25-15-9-4-10-16-25/h3,5-8,11-14H,4,9-10,15-18H2,1-2H3,(H,24,26). The highest BCUT2D eigenvalue weighted by atomic mass is 16.2. The van der Waals surface area contributed by atoms with Crippen LogP contribution in [0.4, 0.5) is 0 Å². The smallest absolute Gasteiger partial charge is 0.230 e. The molecule has 0 aromatic heterocycles. The number of likely N-dealkylation sites (tertiary alicyclic amines) is 1. The van der Waals surface area contributed by atoms with Crippen LogP contribution < -0.4 is 5.32 Å². The second kappa shape index (κ2) is 8.50. The van der Waals surface area contributed by atoms with Gasteiger partial charge in [-0.25, -0.2) is 0 Å². The highest BCUT2D eigenvalue weighted by molar-refractivity contribution is 5.87. The number of nitrogens with zero attached hydrogens (tertiary/aromatic N) is 1. The first-order valence-corrected chi connectivity index (χ1v) is 9.70. The zero-order valence-corrected chi connectivity index (χ0v) is 16.0. The molecular formula is C23H30N2O. The lowest BCUT2D eigenvalue weighted by atomic mass is 9.83. The third-order valence-corrected chi connectivity index (χ3v) is 5.46. The van der Waals surface area contributed by atoms with Crippen LogP contribution in [-0.2, 0) is 23.3 Å². The van der Waals surface area contributed by atoms with Crippen molar-refractivity contribution in [2.75, 3.05) is 13.1 Å². The lowest BCUT2D eigenvalue weighted by Gasteiger charge is -2.28. The van der Waals surface area contributed by atoms with E-state index in [1.807, 2.05) is 44.2 Å². The average Bonchev–Trinajstić information content (AvgIpc) is 2.68. The van der Waals surface area contributed by atoms with Gasteiger partial charge in [0.1, 0.15) is 0 Å². The molecule has 3 heteroatoms. The molecule has 0 spiro atoms. The van der Waals surface area contributed by atoms with Crippen LogP contribution in [0, 0.1) is 0 Å². The van der Waals surface area contributed by atoms with Gasteiger partial charge >= 0.3 is 0 Å². The van der Waals surface area contributed by atoms with Crippen molar-refractivity contribution in [2.24, 2.45) is 0 Å². The molecule has 0 bridgehead atoms. The molecule has 0 aliphatic carbocycles. The first kappa shape index (κ1) is 18.7. The number of rotatable bonds is 6. The minimum atomic E-state index is -0.539. The van der Waals surface area contributed by atoms with Gasteiger partial charge in [-0.3, -0.25) is 9.69 Å². The number of piperidine rings is 1. The van der Waals surface area contributed by atoms with Crippen LogP contribution >= 0.6 is 0 Å². The maximum Gasteiger partial charge on any atom is 0.230 e. The molecule has 1 heterocycles. The third kappa shape index (κ3) is 4.53. The van der Waals surface area contributed by atoms with E-state index in [-0.39, 0.29) is 5.91 Å². The van der Waals surface area contributed by atoms with E-state index in [4.69, 9.17) is 0 Å². The summed E-state index contributed by atoms with van der Waals surface area (Å²) in [5, 5.41) is 3.16. The Balaban J connectivity index is 1.65. The second-order valence-corrected chi connectivity index (χ2v) is 7.78. The number of carbonyl (C=O) groups excluding carboxylic acids is 1. The van der Waals surface area contributed by atoms with E-state index in [2.05, 4.69) is 34.5 Å². The summed E-state index contributed by atoms with van der Waals surface area (Å²) >= 11 is 0. The Labute approximate surface area is 157 Å². The molecule has 26 heavy (non-hydrogen) atoms. The minimum Gasteiger partial charge on any atom is -0.351 e. The SMILES string of the molecule is CC(C)(C(=O)NCc1ccccc1CN1CCCCC1)c1ccccc1. The van der Waals surface area contributed by atoms with Crippen molar-refractivity contribution in [3.63, 3.8) is 0 Å². The fraction of sp³-hybridized carbons (Fsp3) is 0.435. The van der Waals surface area contributed by atoms with Crippen molar-refractivity contribution >= 4 is 5.91 Å². The van der Waals surface area contributed by atoms with Crippen LogP contribution in [0.1, 0.15) is 49.8 Å².